The van der Waals surface area contributed by atoms with Gasteiger partial charge in [0.2, 0.25) is 0 Å². The van der Waals surface area contributed by atoms with Crippen molar-refractivity contribution in [3.63, 3.8) is 0 Å². The first-order valence-corrected chi connectivity index (χ1v) is 11.4. The molecule has 1 N–H and O–H groups in total. The van der Waals surface area contributed by atoms with Crippen molar-refractivity contribution < 1.29 is 9.84 Å². The SMILES string of the molecule is CN(CCc1cnn(C)c1)Cc1cccc(OC[C@@H](O)CN2CCc3ccccc3C2)c1. The highest BCUT2D eigenvalue weighted by Crippen LogP contribution is 2.19. The molecule has 32 heavy (non-hydrogen) atoms. The standard InChI is InChI=1S/C26H34N4O2/c1-28(12-10-22-15-27-29(2)17-22)16-21-6-5-9-26(14-21)32-20-25(31)19-30-13-11-23-7-3-4-8-24(23)18-30/h3-9,14-15,17,25,31H,10-13,16,18-20H2,1-2H3/t25-/m0/s1. The monoisotopic (exact) mass is 434 g/mol. The summed E-state index contributed by atoms with van der Waals surface area (Å²) in [5.41, 5.74) is 5.25. The predicted octanol–water partition coefficient (Wildman–Crippen LogP) is 2.89. The summed E-state index contributed by atoms with van der Waals surface area (Å²) in [7, 11) is 4.08. The van der Waals surface area contributed by atoms with Gasteiger partial charge in [-0.25, -0.2) is 0 Å². The highest BCUT2D eigenvalue weighted by Gasteiger charge is 2.18. The zero-order valence-electron chi connectivity index (χ0n) is 19.2. The van der Waals surface area contributed by atoms with E-state index < -0.39 is 6.10 Å². The van der Waals surface area contributed by atoms with Crippen LogP contribution in [0.2, 0.25) is 0 Å². The number of ether oxygens (including phenoxy) is 1. The lowest BCUT2D eigenvalue weighted by molar-refractivity contribution is 0.0637. The maximum absolute atomic E-state index is 10.5. The summed E-state index contributed by atoms with van der Waals surface area (Å²) in [6.07, 6.45) is 5.51. The molecular formula is C26H34N4O2. The van der Waals surface area contributed by atoms with Gasteiger partial charge in [-0.1, -0.05) is 36.4 Å². The molecule has 0 bridgehead atoms. The predicted molar refractivity (Wildman–Crippen MR) is 127 cm³/mol. The fraction of sp³-hybridized carbons (Fsp3) is 0.423. The number of nitrogens with zero attached hydrogens (tertiary/aromatic N) is 4. The summed E-state index contributed by atoms with van der Waals surface area (Å²) in [5.74, 6) is 0.811. The van der Waals surface area contributed by atoms with Crippen LogP contribution in [-0.2, 0) is 33.0 Å². The number of rotatable bonds is 10. The molecule has 1 aromatic heterocycles. The number of hydrogen-bond donors (Lipinski definition) is 1. The minimum absolute atomic E-state index is 0.304. The molecule has 0 saturated heterocycles. The number of fused-ring (bicyclic) bond motifs is 1. The van der Waals surface area contributed by atoms with E-state index in [0.29, 0.717) is 13.2 Å². The van der Waals surface area contributed by atoms with E-state index in [2.05, 4.69) is 64.5 Å². The average molecular weight is 435 g/mol. The lowest BCUT2D eigenvalue weighted by Crippen LogP contribution is -2.38. The third-order valence-electron chi connectivity index (χ3n) is 6.01. The molecule has 0 unspecified atom stereocenters. The molecule has 0 spiro atoms. The van der Waals surface area contributed by atoms with Gasteiger partial charge in [0, 0.05) is 46.0 Å². The first-order chi connectivity index (χ1) is 15.5. The van der Waals surface area contributed by atoms with Gasteiger partial charge in [-0.2, -0.15) is 5.10 Å². The Morgan fingerprint density at radius 1 is 1.12 bits per heavy atom. The molecule has 0 radical (unpaired) electrons. The van der Waals surface area contributed by atoms with Crippen molar-refractivity contribution in [1.82, 2.24) is 19.6 Å². The number of likely N-dealkylation sites (N-methyl/N-ethyl adjacent to an activating group) is 1. The van der Waals surface area contributed by atoms with Crippen LogP contribution in [0.3, 0.4) is 0 Å². The Hall–Kier alpha value is -2.67. The topological polar surface area (TPSA) is 53.8 Å². The number of β-amino-alcohol motifs (C(OH)–C–C–N with tert-alkyl or cyclic N) is 1. The fourth-order valence-electron chi connectivity index (χ4n) is 4.30. The van der Waals surface area contributed by atoms with Crippen LogP contribution in [0, 0.1) is 0 Å². The van der Waals surface area contributed by atoms with Crippen LogP contribution in [0.1, 0.15) is 22.3 Å². The lowest BCUT2D eigenvalue weighted by atomic mass is 10.00. The second-order valence-electron chi connectivity index (χ2n) is 8.88. The first kappa shape index (κ1) is 22.5. The fourth-order valence-corrected chi connectivity index (χ4v) is 4.30. The molecule has 170 valence electrons. The van der Waals surface area contributed by atoms with E-state index in [-0.39, 0.29) is 0 Å². The number of aromatic nitrogens is 2. The largest absolute Gasteiger partial charge is 0.491 e. The second-order valence-corrected chi connectivity index (χ2v) is 8.88. The third kappa shape index (κ3) is 6.42. The maximum Gasteiger partial charge on any atom is 0.119 e. The van der Waals surface area contributed by atoms with Gasteiger partial charge in [0.05, 0.1) is 6.20 Å². The van der Waals surface area contributed by atoms with Crippen LogP contribution >= 0.6 is 0 Å². The number of aryl methyl sites for hydroxylation is 1. The van der Waals surface area contributed by atoms with Gasteiger partial charge in [-0.3, -0.25) is 9.58 Å². The molecule has 0 saturated carbocycles. The molecular weight excluding hydrogens is 400 g/mol. The minimum atomic E-state index is -0.508. The van der Waals surface area contributed by atoms with Gasteiger partial charge in [-0.05, 0) is 54.3 Å². The summed E-state index contributed by atoms with van der Waals surface area (Å²) in [6.45, 7) is 4.63. The molecule has 0 aliphatic carbocycles. The normalized spacial score (nSPS) is 15.0. The van der Waals surface area contributed by atoms with Crippen LogP contribution in [-0.4, -0.2) is 64.1 Å². The van der Waals surface area contributed by atoms with E-state index in [1.165, 1.54) is 22.3 Å². The number of aliphatic hydroxyl groups is 1. The Labute approximate surface area is 191 Å². The van der Waals surface area contributed by atoms with Crippen LogP contribution < -0.4 is 4.74 Å². The van der Waals surface area contributed by atoms with Crippen LogP contribution in [0.25, 0.3) is 0 Å². The second kappa shape index (κ2) is 10.8. The lowest BCUT2D eigenvalue weighted by Gasteiger charge is -2.30. The van der Waals surface area contributed by atoms with Crippen molar-refractivity contribution >= 4 is 0 Å². The number of benzene rings is 2. The molecule has 1 atom stereocenters. The van der Waals surface area contributed by atoms with E-state index in [4.69, 9.17) is 4.74 Å². The van der Waals surface area contributed by atoms with Crippen molar-refractivity contribution in [3.05, 3.63) is 83.2 Å². The van der Waals surface area contributed by atoms with E-state index in [9.17, 15) is 5.11 Å². The zero-order valence-corrected chi connectivity index (χ0v) is 19.2. The molecule has 4 rings (SSSR count). The molecule has 2 aromatic carbocycles. The van der Waals surface area contributed by atoms with Crippen molar-refractivity contribution in [3.8, 4) is 5.75 Å². The maximum atomic E-state index is 10.5. The summed E-state index contributed by atoms with van der Waals surface area (Å²) in [4.78, 5) is 4.61. The number of aliphatic hydroxyl groups excluding tert-OH is 1. The molecule has 6 nitrogen and oxygen atoms in total. The molecule has 0 amide bonds. The van der Waals surface area contributed by atoms with Gasteiger partial charge in [0.1, 0.15) is 18.5 Å². The van der Waals surface area contributed by atoms with Crippen molar-refractivity contribution in [1.29, 1.82) is 0 Å². The van der Waals surface area contributed by atoms with E-state index in [1.54, 1.807) is 0 Å². The molecule has 3 aromatic rings. The van der Waals surface area contributed by atoms with Gasteiger partial charge in [0.15, 0.2) is 0 Å². The minimum Gasteiger partial charge on any atom is -0.491 e. The Kier molecular flexibility index (Phi) is 7.58. The highest BCUT2D eigenvalue weighted by atomic mass is 16.5. The Morgan fingerprint density at radius 3 is 2.78 bits per heavy atom. The third-order valence-corrected chi connectivity index (χ3v) is 6.01. The first-order valence-electron chi connectivity index (χ1n) is 11.4. The summed E-state index contributed by atoms with van der Waals surface area (Å²) >= 11 is 0. The molecule has 1 aliphatic rings. The van der Waals surface area contributed by atoms with Gasteiger partial charge in [0.25, 0.3) is 0 Å². The van der Waals surface area contributed by atoms with Crippen LogP contribution in [0.15, 0.2) is 60.9 Å². The van der Waals surface area contributed by atoms with Crippen LogP contribution in [0.5, 0.6) is 5.75 Å². The van der Waals surface area contributed by atoms with Crippen LogP contribution in [0.4, 0.5) is 0 Å². The molecule has 0 fully saturated rings. The van der Waals surface area contributed by atoms with Crippen molar-refractivity contribution in [2.75, 3.05) is 33.3 Å². The average Bonchev–Trinajstić information content (AvgIpc) is 3.22. The Bertz CT molecular complexity index is 1000. The molecule has 2 heterocycles. The summed E-state index contributed by atoms with van der Waals surface area (Å²) in [6, 6.07) is 16.8. The van der Waals surface area contributed by atoms with Gasteiger partial charge < -0.3 is 14.7 Å². The smallest absolute Gasteiger partial charge is 0.119 e. The summed E-state index contributed by atoms with van der Waals surface area (Å²) < 4.78 is 7.77. The molecule has 6 heteroatoms. The van der Waals surface area contributed by atoms with E-state index in [1.807, 2.05) is 30.1 Å². The number of hydrogen-bond acceptors (Lipinski definition) is 5. The van der Waals surface area contributed by atoms with Crippen molar-refractivity contribution in [2.24, 2.45) is 7.05 Å². The summed E-state index contributed by atoms with van der Waals surface area (Å²) in [5, 5.41) is 14.8. The van der Waals surface area contributed by atoms with Gasteiger partial charge in [-0.15, -0.1) is 0 Å². The Balaban J connectivity index is 1.21. The van der Waals surface area contributed by atoms with E-state index in [0.717, 1.165) is 44.8 Å². The molecule has 1 aliphatic heterocycles. The Morgan fingerprint density at radius 2 is 1.97 bits per heavy atom. The quantitative estimate of drug-likeness (QED) is 0.532. The highest BCUT2D eigenvalue weighted by molar-refractivity contribution is 5.29. The van der Waals surface area contributed by atoms with Crippen molar-refractivity contribution in [2.45, 2.75) is 32.0 Å². The zero-order chi connectivity index (χ0) is 22.3. The van der Waals surface area contributed by atoms with Gasteiger partial charge >= 0.3 is 0 Å². The van der Waals surface area contributed by atoms with E-state index >= 15 is 0 Å².